The Labute approximate surface area is 212 Å². The van der Waals surface area contributed by atoms with Crippen LogP contribution in [0.25, 0.3) is 21.9 Å². The first-order valence-electron chi connectivity index (χ1n) is 11.5. The molecule has 0 aliphatic carbocycles. The molecule has 0 saturated carbocycles. The number of halogens is 1. The van der Waals surface area contributed by atoms with Crippen molar-refractivity contribution in [3.63, 3.8) is 0 Å². The SMILES string of the molecule is COc1ccc(Cn2cnc3c4cc(C)ccc4n(CC(=O)Nc4ccc(C)c(Cl)c4)c3c2=O)cc1. The average molecular weight is 501 g/mol. The number of nitrogens with one attached hydrogen (secondary N) is 1. The highest BCUT2D eigenvalue weighted by molar-refractivity contribution is 6.31. The van der Waals surface area contributed by atoms with Gasteiger partial charge >= 0.3 is 0 Å². The summed E-state index contributed by atoms with van der Waals surface area (Å²) in [7, 11) is 1.61. The Kier molecular flexibility index (Phi) is 6.24. The molecule has 3 aromatic carbocycles. The highest BCUT2D eigenvalue weighted by atomic mass is 35.5. The molecule has 8 heteroatoms. The van der Waals surface area contributed by atoms with E-state index in [2.05, 4.69) is 10.3 Å². The Morgan fingerprint density at radius 3 is 2.56 bits per heavy atom. The molecule has 0 aliphatic rings. The van der Waals surface area contributed by atoms with Crippen molar-refractivity contribution >= 4 is 45.1 Å². The van der Waals surface area contributed by atoms with Gasteiger partial charge in [-0.1, -0.05) is 41.4 Å². The van der Waals surface area contributed by atoms with Crippen LogP contribution in [0.4, 0.5) is 5.69 Å². The first kappa shape index (κ1) is 23.6. The number of carbonyl (C=O) groups is 1. The summed E-state index contributed by atoms with van der Waals surface area (Å²) >= 11 is 6.22. The maximum absolute atomic E-state index is 13.7. The molecule has 0 aliphatic heterocycles. The third-order valence-electron chi connectivity index (χ3n) is 6.25. The van der Waals surface area contributed by atoms with Crippen LogP contribution in [0.15, 0.2) is 71.8 Å². The fourth-order valence-electron chi connectivity index (χ4n) is 4.33. The van der Waals surface area contributed by atoms with Crippen LogP contribution in [0, 0.1) is 13.8 Å². The summed E-state index contributed by atoms with van der Waals surface area (Å²) in [6, 6.07) is 18.8. The molecule has 36 heavy (non-hydrogen) atoms. The Hall–Kier alpha value is -4.10. The van der Waals surface area contributed by atoms with Gasteiger partial charge in [0.2, 0.25) is 5.91 Å². The van der Waals surface area contributed by atoms with Gasteiger partial charge in [-0.2, -0.15) is 0 Å². The summed E-state index contributed by atoms with van der Waals surface area (Å²) in [5, 5.41) is 4.30. The fraction of sp³-hybridized carbons (Fsp3) is 0.179. The Morgan fingerprint density at radius 2 is 1.83 bits per heavy atom. The van der Waals surface area contributed by atoms with Crippen molar-refractivity contribution in [3.8, 4) is 5.75 Å². The topological polar surface area (TPSA) is 78.2 Å². The number of carbonyl (C=O) groups excluding carboxylic acids is 1. The standard InChI is InChI=1S/C28H25ClN4O3/c1-17-4-11-24-22(12-17)26-27(33(24)15-25(34)31-20-8-5-18(2)23(29)13-20)28(35)32(16-30-26)14-19-6-9-21(36-3)10-7-19/h4-13,16H,14-15H2,1-3H3,(H,31,34). The Morgan fingerprint density at radius 1 is 1.06 bits per heavy atom. The lowest BCUT2D eigenvalue weighted by molar-refractivity contribution is -0.116. The van der Waals surface area contributed by atoms with Gasteiger partial charge in [-0.3, -0.25) is 14.2 Å². The van der Waals surface area contributed by atoms with E-state index >= 15 is 0 Å². The molecule has 1 amide bonds. The van der Waals surface area contributed by atoms with E-state index in [-0.39, 0.29) is 18.0 Å². The van der Waals surface area contributed by atoms with Gasteiger partial charge in [0.1, 0.15) is 23.3 Å². The zero-order chi connectivity index (χ0) is 25.4. The van der Waals surface area contributed by atoms with Crippen LogP contribution in [0.3, 0.4) is 0 Å². The van der Waals surface area contributed by atoms with Gasteiger partial charge in [0, 0.05) is 16.1 Å². The van der Waals surface area contributed by atoms with Crippen molar-refractivity contribution in [2.45, 2.75) is 26.9 Å². The normalized spacial score (nSPS) is 11.2. The zero-order valence-electron chi connectivity index (χ0n) is 20.2. The molecule has 0 fully saturated rings. The minimum absolute atomic E-state index is 0.0436. The van der Waals surface area contributed by atoms with Crippen molar-refractivity contribution in [1.29, 1.82) is 0 Å². The first-order valence-corrected chi connectivity index (χ1v) is 11.9. The van der Waals surface area contributed by atoms with E-state index in [0.29, 0.717) is 28.3 Å². The van der Waals surface area contributed by atoms with Crippen molar-refractivity contribution in [2.75, 3.05) is 12.4 Å². The molecule has 1 N–H and O–H groups in total. The molecule has 182 valence electrons. The van der Waals surface area contributed by atoms with Crippen molar-refractivity contribution < 1.29 is 9.53 Å². The number of anilines is 1. The number of aryl methyl sites for hydroxylation is 2. The monoisotopic (exact) mass is 500 g/mol. The predicted molar refractivity (Wildman–Crippen MR) is 143 cm³/mol. The third kappa shape index (κ3) is 4.45. The number of amides is 1. The summed E-state index contributed by atoms with van der Waals surface area (Å²) < 4.78 is 8.53. The number of nitrogens with zero attached hydrogens (tertiary/aromatic N) is 3. The zero-order valence-corrected chi connectivity index (χ0v) is 21.0. The van der Waals surface area contributed by atoms with Gasteiger partial charge < -0.3 is 14.6 Å². The average Bonchev–Trinajstić information content (AvgIpc) is 3.16. The van der Waals surface area contributed by atoms with Gasteiger partial charge in [0.05, 0.1) is 25.5 Å². The van der Waals surface area contributed by atoms with Crippen LogP contribution >= 0.6 is 11.6 Å². The number of hydrogen-bond donors (Lipinski definition) is 1. The molecule has 2 heterocycles. The van der Waals surface area contributed by atoms with E-state index in [9.17, 15) is 9.59 Å². The molecule has 0 radical (unpaired) electrons. The second-order valence-electron chi connectivity index (χ2n) is 8.84. The number of aromatic nitrogens is 3. The first-order chi connectivity index (χ1) is 17.3. The van der Waals surface area contributed by atoms with Crippen LogP contribution in [0.2, 0.25) is 5.02 Å². The second kappa shape index (κ2) is 9.51. The quantitative estimate of drug-likeness (QED) is 0.342. The predicted octanol–water partition coefficient (Wildman–Crippen LogP) is 5.32. The Balaban J connectivity index is 1.56. The van der Waals surface area contributed by atoms with E-state index in [4.69, 9.17) is 16.3 Å². The summed E-state index contributed by atoms with van der Waals surface area (Å²) in [5.74, 6) is 0.482. The van der Waals surface area contributed by atoms with Gasteiger partial charge in [-0.15, -0.1) is 0 Å². The molecule has 0 saturated heterocycles. The number of fused-ring (bicyclic) bond motifs is 3. The summed E-state index contributed by atoms with van der Waals surface area (Å²) in [6.07, 6.45) is 1.56. The number of ether oxygens (including phenoxy) is 1. The largest absolute Gasteiger partial charge is 0.497 e. The van der Waals surface area contributed by atoms with E-state index in [0.717, 1.165) is 33.3 Å². The molecule has 7 nitrogen and oxygen atoms in total. The van der Waals surface area contributed by atoms with Gasteiger partial charge in [0.25, 0.3) is 5.56 Å². The second-order valence-corrected chi connectivity index (χ2v) is 9.25. The van der Waals surface area contributed by atoms with Crippen molar-refractivity contribution in [2.24, 2.45) is 0 Å². The van der Waals surface area contributed by atoms with Crippen LogP contribution < -0.4 is 15.6 Å². The minimum Gasteiger partial charge on any atom is -0.497 e. The summed E-state index contributed by atoms with van der Waals surface area (Å²) in [4.78, 5) is 31.4. The number of rotatable bonds is 6. The maximum atomic E-state index is 13.7. The molecule has 0 unspecified atom stereocenters. The highest BCUT2D eigenvalue weighted by Gasteiger charge is 2.19. The fourth-order valence-corrected chi connectivity index (χ4v) is 4.51. The highest BCUT2D eigenvalue weighted by Crippen LogP contribution is 2.27. The van der Waals surface area contributed by atoms with Gasteiger partial charge in [-0.25, -0.2) is 4.98 Å². The van der Waals surface area contributed by atoms with E-state index in [1.54, 1.807) is 34.7 Å². The van der Waals surface area contributed by atoms with Crippen LogP contribution in [-0.4, -0.2) is 27.1 Å². The molecule has 0 bridgehead atoms. The Bertz CT molecular complexity index is 1670. The maximum Gasteiger partial charge on any atom is 0.278 e. The van der Waals surface area contributed by atoms with E-state index in [1.807, 2.05) is 62.4 Å². The van der Waals surface area contributed by atoms with Gasteiger partial charge in [-0.05, 0) is 61.4 Å². The lowest BCUT2D eigenvalue weighted by atomic mass is 10.1. The molecule has 5 aromatic rings. The number of methoxy groups -OCH3 is 1. The third-order valence-corrected chi connectivity index (χ3v) is 6.66. The molecule has 0 atom stereocenters. The molecule has 5 rings (SSSR count). The summed E-state index contributed by atoms with van der Waals surface area (Å²) in [6.45, 7) is 4.19. The van der Waals surface area contributed by atoms with E-state index in [1.165, 1.54) is 0 Å². The lowest BCUT2D eigenvalue weighted by Crippen LogP contribution is -2.25. The number of hydrogen-bond acceptors (Lipinski definition) is 4. The molecular formula is C28H25ClN4O3. The number of benzene rings is 3. The van der Waals surface area contributed by atoms with Crippen LogP contribution in [0.1, 0.15) is 16.7 Å². The van der Waals surface area contributed by atoms with Gasteiger partial charge in [0.15, 0.2) is 0 Å². The van der Waals surface area contributed by atoms with Crippen molar-refractivity contribution in [1.82, 2.24) is 14.1 Å². The molecular weight excluding hydrogens is 476 g/mol. The minimum atomic E-state index is -0.265. The smallest absolute Gasteiger partial charge is 0.278 e. The van der Waals surface area contributed by atoms with Crippen LogP contribution in [0.5, 0.6) is 5.75 Å². The van der Waals surface area contributed by atoms with E-state index < -0.39 is 0 Å². The lowest BCUT2D eigenvalue weighted by Gasteiger charge is -2.11. The van der Waals surface area contributed by atoms with Crippen LogP contribution in [-0.2, 0) is 17.9 Å². The van der Waals surface area contributed by atoms with Crippen molar-refractivity contribution in [3.05, 3.63) is 99.1 Å². The molecule has 2 aromatic heterocycles. The molecule has 0 spiro atoms. The summed E-state index contributed by atoms with van der Waals surface area (Å²) in [5.41, 5.74) is 5.05.